The first-order chi connectivity index (χ1) is 8.50. The van der Waals surface area contributed by atoms with Gasteiger partial charge in [0, 0.05) is 25.0 Å². The molecule has 0 aliphatic heterocycles. The van der Waals surface area contributed by atoms with E-state index in [-0.39, 0.29) is 18.0 Å². The van der Waals surface area contributed by atoms with Crippen molar-refractivity contribution < 1.29 is 4.79 Å². The molecule has 0 aromatic carbocycles. The van der Waals surface area contributed by atoms with Crippen LogP contribution in [0.4, 0.5) is 0 Å². The Balaban J connectivity index is 2.44. The van der Waals surface area contributed by atoms with Crippen molar-refractivity contribution in [1.29, 1.82) is 0 Å². The zero-order chi connectivity index (χ0) is 13.5. The molecule has 0 saturated carbocycles. The molecule has 0 saturated heterocycles. The second-order valence-corrected chi connectivity index (χ2v) is 5.04. The molecular formula is C14H23N3O. The largest absolute Gasteiger partial charge is 0.354 e. The standard InChI is InChI=1S/C14H23N3O/c1-10(2)8-16-14(18)12(4)17-11(3)13-6-5-7-15-9-13/h5-7,9-12,17H,8H2,1-4H3,(H,16,18)/t11-,12?/m0/s1. The Hall–Kier alpha value is -1.42. The molecule has 1 amide bonds. The maximum atomic E-state index is 11.8. The first-order valence-corrected chi connectivity index (χ1v) is 6.44. The highest BCUT2D eigenvalue weighted by atomic mass is 16.2. The van der Waals surface area contributed by atoms with E-state index < -0.39 is 0 Å². The van der Waals surface area contributed by atoms with Gasteiger partial charge in [0.2, 0.25) is 5.91 Å². The predicted octanol–water partition coefficient (Wildman–Crippen LogP) is 1.89. The number of carbonyl (C=O) groups excluding carboxylic acids is 1. The summed E-state index contributed by atoms with van der Waals surface area (Å²) in [6.07, 6.45) is 3.56. The van der Waals surface area contributed by atoms with Crippen molar-refractivity contribution in [2.45, 2.75) is 39.8 Å². The van der Waals surface area contributed by atoms with E-state index in [9.17, 15) is 4.79 Å². The zero-order valence-corrected chi connectivity index (χ0v) is 11.6. The van der Waals surface area contributed by atoms with E-state index in [1.165, 1.54) is 0 Å². The van der Waals surface area contributed by atoms with Crippen LogP contribution in [0.2, 0.25) is 0 Å². The molecule has 0 aliphatic rings. The molecular weight excluding hydrogens is 226 g/mol. The maximum absolute atomic E-state index is 11.8. The summed E-state index contributed by atoms with van der Waals surface area (Å²) in [5, 5.41) is 6.19. The summed E-state index contributed by atoms with van der Waals surface area (Å²) in [7, 11) is 0. The van der Waals surface area contributed by atoms with E-state index in [0.29, 0.717) is 12.5 Å². The quantitative estimate of drug-likeness (QED) is 0.809. The third kappa shape index (κ3) is 4.84. The predicted molar refractivity (Wildman–Crippen MR) is 73.1 cm³/mol. The number of aromatic nitrogens is 1. The molecule has 2 N–H and O–H groups in total. The van der Waals surface area contributed by atoms with E-state index >= 15 is 0 Å². The van der Waals surface area contributed by atoms with Crippen LogP contribution in [0.15, 0.2) is 24.5 Å². The second kappa shape index (κ2) is 7.11. The zero-order valence-electron chi connectivity index (χ0n) is 11.6. The molecule has 0 spiro atoms. The Morgan fingerprint density at radius 1 is 1.33 bits per heavy atom. The fourth-order valence-electron chi connectivity index (χ4n) is 1.64. The van der Waals surface area contributed by atoms with Crippen molar-refractivity contribution in [2.75, 3.05) is 6.54 Å². The number of nitrogens with one attached hydrogen (secondary N) is 2. The van der Waals surface area contributed by atoms with Crippen molar-refractivity contribution in [3.63, 3.8) is 0 Å². The van der Waals surface area contributed by atoms with Crippen LogP contribution in [-0.2, 0) is 4.79 Å². The topological polar surface area (TPSA) is 54.0 Å². The third-order valence-electron chi connectivity index (χ3n) is 2.76. The van der Waals surface area contributed by atoms with Crippen molar-refractivity contribution in [2.24, 2.45) is 5.92 Å². The molecule has 4 nitrogen and oxygen atoms in total. The summed E-state index contributed by atoms with van der Waals surface area (Å²) in [5.41, 5.74) is 1.08. The number of hydrogen-bond donors (Lipinski definition) is 2. The lowest BCUT2D eigenvalue weighted by molar-refractivity contribution is -0.123. The molecule has 0 bridgehead atoms. The van der Waals surface area contributed by atoms with E-state index in [4.69, 9.17) is 0 Å². The molecule has 0 aliphatic carbocycles. The molecule has 1 unspecified atom stereocenters. The average molecular weight is 249 g/mol. The Kier molecular flexibility index (Phi) is 5.78. The fourth-order valence-corrected chi connectivity index (χ4v) is 1.64. The lowest BCUT2D eigenvalue weighted by Gasteiger charge is -2.20. The molecule has 2 atom stereocenters. The van der Waals surface area contributed by atoms with Crippen LogP contribution in [0.3, 0.4) is 0 Å². The van der Waals surface area contributed by atoms with Crippen LogP contribution >= 0.6 is 0 Å². The van der Waals surface area contributed by atoms with Gasteiger partial charge in [0.05, 0.1) is 6.04 Å². The highest BCUT2D eigenvalue weighted by molar-refractivity contribution is 5.81. The molecule has 4 heteroatoms. The van der Waals surface area contributed by atoms with Crippen LogP contribution in [-0.4, -0.2) is 23.5 Å². The molecule has 0 radical (unpaired) electrons. The van der Waals surface area contributed by atoms with Gasteiger partial charge in [-0.3, -0.25) is 15.1 Å². The van der Waals surface area contributed by atoms with Crippen molar-refractivity contribution in [3.8, 4) is 0 Å². The molecule has 100 valence electrons. The normalized spacial score (nSPS) is 14.3. The smallest absolute Gasteiger partial charge is 0.236 e. The lowest BCUT2D eigenvalue weighted by atomic mass is 10.1. The molecule has 1 rings (SSSR count). The number of hydrogen-bond acceptors (Lipinski definition) is 3. The summed E-state index contributed by atoms with van der Waals surface area (Å²) in [6, 6.07) is 3.80. The summed E-state index contributed by atoms with van der Waals surface area (Å²) < 4.78 is 0. The molecule has 1 aromatic rings. The molecule has 0 fully saturated rings. The van der Waals surface area contributed by atoms with Crippen LogP contribution in [0, 0.1) is 5.92 Å². The first-order valence-electron chi connectivity index (χ1n) is 6.44. The van der Waals surface area contributed by atoms with Crippen molar-refractivity contribution in [3.05, 3.63) is 30.1 Å². The van der Waals surface area contributed by atoms with E-state index in [2.05, 4.69) is 29.5 Å². The number of carbonyl (C=O) groups is 1. The van der Waals surface area contributed by atoms with Gasteiger partial charge < -0.3 is 5.32 Å². The molecule has 1 aromatic heterocycles. The van der Waals surface area contributed by atoms with Crippen LogP contribution < -0.4 is 10.6 Å². The number of pyridine rings is 1. The monoisotopic (exact) mass is 249 g/mol. The van der Waals surface area contributed by atoms with Crippen molar-refractivity contribution in [1.82, 2.24) is 15.6 Å². The Morgan fingerprint density at radius 3 is 2.61 bits per heavy atom. The number of amides is 1. The highest BCUT2D eigenvalue weighted by Gasteiger charge is 2.16. The number of rotatable bonds is 6. The van der Waals surface area contributed by atoms with Gasteiger partial charge in [-0.25, -0.2) is 0 Å². The first kappa shape index (κ1) is 14.6. The highest BCUT2D eigenvalue weighted by Crippen LogP contribution is 2.10. The fraction of sp³-hybridized carbons (Fsp3) is 0.571. The van der Waals surface area contributed by atoms with Gasteiger partial charge in [-0.15, -0.1) is 0 Å². The van der Waals surface area contributed by atoms with Gasteiger partial charge in [0.25, 0.3) is 0 Å². The third-order valence-corrected chi connectivity index (χ3v) is 2.76. The molecule has 1 heterocycles. The van der Waals surface area contributed by atoms with Crippen LogP contribution in [0.1, 0.15) is 39.3 Å². The van der Waals surface area contributed by atoms with Crippen LogP contribution in [0.5, 0.6) is 0 Å². The van der Waals surface area contributed by atoms with Crippen LogP contribution in [0.25, 0.3) is 0 Å². The maximum Gasteiger partial charge on any atom is 0.236 e. The minimum atomic E-state index is -0.209. The van der Waals surface area contributed by atoms with E-state index in [0.717, 1.165) is 5.56 Å². The summed E-state index contributed by atoms with van der Waals surface area (Å²) in [5.74, 6) is 0.510. The molecule has 18 heavy (non-hydrogen) atoms. The summed E-state index contributed by atoms with van der Waals surface area (Å²) >= 11 is 0. The SMILES string of the molecule is CC(C)CNC(=O)C(C)N[C@@H](C)c1cccnc1. The van der Waals surface area contributed by atoms with Gasteiger partial charge in [0.1, 0.15) is 0 Å². The Morgan fingerprint density at radius 2 is 2.06 bits per heavy atom. The van der Waals surface area contributed by atoms with Gasteiger partial charge >= 0.3 is 0 Å². The Bertz CT molecular complexity index is 365. The van der Waals surface area contributed by atoms with Gasteiger partial charge in [0.15, 0.2) is 0 Å². The van der Waals surface area contributed by atoms with Gasteiger partial charge in [-0.05, 0) is 31.4 Å². The summed E-state index contributed by atoms with van der Waals surface area (Å²) in [4.78, 5) is 15.9. The minimum absolute atomic E-state index is 0.0411. The Labute approximate surface area is 109 Å². The lowest BCUT2D eigenvalue weighted by Crippen LogP contribution is -2.44. The minimum Gasteiger partial charge on any atom is -0.354 e. The average Bonchev–Trinajstić information content (AvgIpc) is 2.36. The van der Waals surface area contributed by atoms with E-state index in [1.807, 2.05) is 32.2 Å². The number of nitrogens with zero attached hydrogens (tertiary/aromatic N) is 1. The van der Waals surface area contributed by atoms with Gasteiger partial charge in [-0.2, -0.15) is 0 Å². The summed E-state index contributed by atoms with van der Waals surface area (Å²) in [6.45, 7) is 8.78. The van der Waals surface area contributed by atoms with E-state index in [1.54, 1.807) is 6.20 Å². The van der Waals surface area contributed by atoms with Gasteiger partial charge in [-0.1, -0.05) is 19.9 Å². The van der Waals surface area contributed by atoms with Crippen molar-refractivity contribution >= 4 is 5.91 Å². The second-order valence-electron chi connectivity index (χ2n) is 5.04.